The summed E-state index contributed by atoms with van der Waals surface area (Å²) in [7, 11) is 0. The third-order valence-electron chi connectivity index (χ3n) is 3.25. The molecule has 2 atom stereocenters. The number of rotatable bonds is 1. The Morgan fingerprint density at radius 2 is 1.89 bits per heavy atom. The number of hydrogen-bond donors (Lipinski definition) is 1. The first-order valence-electron chi connectivity index (χ1n) is 6.10. The molecule has 1 aliphatic rings. The van der Waals surface area contributed by atoms with E-state index >= 15 is 0 Å². The number of aromatic nitrogens is 1. The summed E-state index contributed by atoms with van der Waals surface area (Å²) in [5.74, 6) is 4.75. The van der Waals surface area contributed by atoms with Crippen LogP contribution in [0.1, 0.15) is 19.5 Å². The molecule has 2 N–H and O–H groups in total. The molecule has 0 spiro atoms. The van der Waals surface area contributed by atoms with Crippen LogP contribution >= 0.6 is 0 Å². The van der Waals surface area contributed by atoms with Crippen LogP contribution in [0.4, 0.5) is 5.82 Å². The first-order valence-corrected chi connectivity index (χ1v) is 6.10. The van der Waals surface area contributed by atoms with Gasteiger partial charge in [-0.1, -0.05) is 25.8 Å². The number of anilines is 1. The van der Waals surface area contributed by atoms with Gasteiger partial charge < -0.3 is 5.73 Å². The lowest BCUT2D eigenvalue weighted by atomic mass is 10.00. The number of amides is 2. The Bertz CT molecular complexity index is 566. The molecule has 1 fully saturated rings. The fourth-order valence-electron chi connectivity index (χ4n) is 1.93. The van der Waals surface area contributed by atoms with E-state index in [1.54, 1.807) is 32.0 Å². The minimum atomic E-state index is -0.312. The quantitative estimate of drug-likeness (QED) is 0.588. The van der Waals surface area contributed by atoms with Crippen LogP contribution in [0.15, 0.2) is 18.2 Å². The van der Waals surface area contributed by atoms with Gasteiger partial charge in [0.2, 0.25) is 11.8 Å². The molecule has 0 bridgehead atoms. The van der Waals surface area contributed by atoms with E-state index in [4.69, 9.17) is 5.73 Å². The summed E-state index contributed by atoms with van der Waals surface area (Å²) in [4.78, 5) is 29.5. The van der Waals surface area contributed by atoms with E-state index in [1.165, 1.54) is 0 Å². The number of nitrogens with zero attached hydrogens (tertiary/aromatic N) is 2. The maximum absolute atomic E-state index is 12.1. The minimum absolute atomic E-state index is 0.214. The summed E-state index contributed by atoms with van der Waals surface area (Å²) in [6.07, 6.45) is 0. The number of hydrogen-bond acceptors (Lipinski definition) is 4. The van der Waals surface area contributed by atoms with Crippen LogP contribution in [0, 0.1) is 23.7 Å². The highest BCUT2D eigenvalue weighted by atomic mass is 16.2. The number of pyridine rings is 1. The molecule has 2 unspecified atom stereocenters. The zero-order valence-corrected chi connectivity index (χ0v) is 10.9. The van der Waals surface area contributed by atoms with Crippen molar-refractivity contribution in [2.24, 2.45) is 17.6 Å². The van der Waals surface area contributed by atoms with Gasteiger partial charge in [-0.25, -0.2) is 9.88 Å². The Labute approximate surface area is 111 Å². The fraction of sp³-hybridized carbons (Fsp3) is 0.357. The number of nitrogens with two attached hydrogens (primary N) is 1. The first kappa shape index (κ1) is 13.2. The van der Waals surface area contributed by atoms with Gasteiger partial charge in [-0.3, -0.25) is 9.59 Å². The van der Waals surface area contributed by atoms with Crippen LogP contribution in [0.5, 0.6) is 0 Å². The van der Waals surface area contributed by atoms with E-state index in [9.17, 15) is 9.59 Å². The zero-order valence-electron chi connectivity index (χ0n) is 10.9. The van der Waals surface area contributed by atoms with E-state index in [1.807, 2.05) is 0 Å². The predicted octanol–water partition coefficient (Wildman–Crippen LogP) is 0.537. The summed E-state index contributed by atoms with van der Waals surface area (Å²) < 4.78 is 0. The maximum Gasteiger partial charge on any atom is 0.238 e. The lowest BCUT2D eigenvalue weighted by molar-refractivity contribution is -0.122. The molecule has 0 saturated carbocycles. The Balaban J connectivity index is 2.37. The van der Waals surface area contributed by atoms with E-state index in [2.05, 4.69) is 16.8 Å². The van der Waals surface area contributed by atoms with Gasteiger partial charge in [0.1, 0.15) is 11.5 Å². The first-order chi connectivity index (χ1) is 9.06. The second-order valence-electron chi connectivity index (χ2n) is 4.48. The van der Waals surface area contributed by atoms with Crippen molar-refractivity contribution >= 4 is 17.6 Å². The van der Waals surface area contributed by atoms with Crippen LogP contribution in [-0.4, -0.2) is 23.3 Å². The molecule has 98 valence electrons. The standard InChI is InChI=1S/C14H15N3O2/c1-9-10(2)14(19)17(13(9)18)12-7-3-5-11(16-12)6-4-8-15/h3,5,7,9-10H,8,15H2,1-2H3. The Morgan fingerprint density at radius 1 is 1.26 bits per heavy atom. The summed E-state index contributed by atoms with van der Waals surface area (Å²) in [5, 5.41) is 0. The van der Waals surface area contributed by atoms with Gasteiger partial charge in [0.25, 0.3) is 0 Å². The summed E-state index contributed by atoms with van der Waals surface area (Å²) in [6, 6.07) is 5.06. The van der Waals surface area contributed by atoms with Gasteiger partial charge in [-0.05, 0) is 18.1 Å². The summed E-state index contributed by atoms with van der Waals surface area (Å²) in [5.41, 5.74) is 5.79. The molecule has 1 aromatic heterocycles. The topological polar surface area (TPSA) is 76.3 Å². The molecule has 1 aliphatic heterocycles. The second-order valence-corrected chi connectivity index (χ2v) is 4.48. The van der Waals surface area contributed by atoms with E-state index < -0.39 is 0 Å². The van der Waals surface area contributed by atoms with Crippen molar-refractivity contribution < 1.29 is 9.59 Å². The smallest absolute Gasteiger partial charge is 0.238 e. The molecule has 0 aliphatic carbocycles. The lowest BCUT2D eigenvalue weighted by Gasteiger charge is -2.13. The van der Waals surface area contributed by atoms with E-state index in [-0.39, 0.29) is 30.2 Å². The lowest BCUT2D eigenvalue weighted by Crippen LogP contribution is -2.31. The molecule has 1 aromatic rings. The van der Waals surface area contributed by atoms with Crippen molar-refractivity contribution in [2.75, 3.05) is 11.4 Å². The Hall–Kier alpha value is -2.19. The van der Waals surface area contributed by atoms with E-state index in [0.29, 0.717) is 11.5 Å². The number of carbonyl (C=O) groups is 2. The summed E-state index contributed by atoms with van der Waals surface area (Å²) in [6.45, 7) is 3.74. The highest BCUT2D eigenvalue weighted by molar-refractivity contribution is 6.21. The minimum Gasteiger partial charge on any atom is -0.320 e. The molecule has 5 nitrogen and oxygen atoms in total. The second kappa shape index (κ2) is 5.21. The van der Waals surface area contributed by atoms with Gasteiger partial charge in [0.15, 0.2) is 0 Å². The monoisotopic (exact) mass is 257 g/mol. The number of imide groups is 1. The number of carbonyl (C=O) groups excluding carboxylic acids is 2. The van der Waals surface area contributed by atoms with Crippen LogP contribution in [0.25, 0.3) is 0 Å². The molecule has 2 heterocycles. The molecule has 5 heteroatoms. The van der Waals surface area contributed by atoms with Gasteiger partial charge in [0.05, 0.1) is 6.54 Å². The molecular weight excluding hydrogens is 242 g/mol. The van der Waals surface area contributed by atoms with Crippen molar-refractivity contribution in [3.8, 4) is 11.8 Å². The Kier molecular flexibility index (Phi) is 3.63. The predicted molar refractivity (Wildman–Crippen MR) is 71.0 cm³/mol. The largest absolute Gasteiger partial charge is 0.320 e. The van der Waals surface area contributed by atoms with Crippen LogP contribution in [0.3, 0.4) is 0 Å². The van der Waals surface area contributed by atoms with Crippen molar-refractivity contribution in [3.63, 3.8) is 0 Å². The van der Waals surface area contributed by atoms with Gasteiger partial charge >= 0.3 is 0 Å². The molecule has 0 aromatic carbocycles. The van der Waals surface area contributed by atoms with Crippen molar-refractivity contribution in [1.82, 2.24) is 4.98 Å². The Morgan fingerprint density at radius 3 is 2.47 bits per heavy atom. The van der Waals surface area contributed by atoms with E-state index in [0.717, 1.165) is 4.90 Å². The molecular formula is C14H15N3O2. The van der Waals surface area contributed by atoms with Gasteiger partial charge in [-0.15, -0.1) is 0 Å². The average molecular weight is 257 g/mol. The van der Waals surface area contributed by atoms with Crippen molar-refractivity contribution in [2.45, 2.75) is 13.8 Å². The highest BCUT2D eigenvalue weighted by Crippen LogP contribution is 2.29. The molecule has 1 saturated heterocycles. The van der Waals surface area contributed by atoms with Gasteiger partial charge in [-0.2, -0.15) is 0 Å². The van der Waals surface area contributed by atoms with Gasteiger partial charge in [0, 0.05) is 11.8 Å². The van der Waals surface area contributed by atoms with Crippen molar-refractivity contribution in [3.05, 3.63) is 23.9 Å². The SMILES string of the molecule is CC1C(=O)N(c2cccc(C#CCN)n2)C(=O)C1C. The highest BCUT2D eigenvalue weighted by Gasteiger charge is 2.43. The maximum atomic E-state index is 12.1. The van der Waals surface area contributed by atoms with Crippen LogP contribution in [-0.2, 0) is 9.59 Å². The molecule has 2 rings (SSSR count). The molecule has 2 amide bonds. The van der Waals surface area contributed by atoms with Crippen molar-refractivity contribution in [1.29, 1.82) is 0 Å². The molecule has 0 radical (unpaired) electrons. The zero-order chi connectivity index (χ0) is 14.0. The van der Waals surface area contributed by atoms with Crippen LogP contribution in [0.2, 0.25) is 0 Å². The third kappa shape index (κ3) is 2.35. The molecule has 19 heavy (non-hydrogen) atoms. The third-order valence-corrected chi connectivity index (χ3v) is 3.25. The summed E-state index contributed by atoms with van der Waals surface area (Å²) >= 11 is 0. The fourth-order valence-corrected chi connectivity index (χ4v) is 1.93. The average Bonchev–Trinajstić information content (AvgIpc) is 2.61. The normalized spacial score (nSPS) is 22.4. The van der Waals surface area contributed by atoms with Crippen LogP contribution < -0.4 is 10.6 Å².